The summed E-state index contributed by atoms with van der Waals surface area (Å²) in [6.07, 6.45) is 0.732. The van der Waals surface area contributed by atoms with Crippen LogP contribution < -0.4 is 5.32 Å². The largest absolute Gasteiger partial charge is 0.393 e. The fourth-order valence-corrected chi connectivity index (χ4v) is 1.49. The Labute approximate surface area is 109 Å². The van der Waals surface area contributed by atoms with Gasteiger partial charge in [-0.15, -0.1) is 10.2 Å². The molecule has 0 aliphatic carbocycles. The second kappa shape index (κ2) is 6.74. The van der Waals surface area contributed by atoms with Crippen LogP contribution >= 0.6 is 23.2 Å². The second-order valence-electron chi connectivity index (χ2n) is 3.48. The van der Waals surface area contributed by atoms with Gasteiger partial charge in [-0.2, -0.15) is 0 Å². The quantitative estimate of drug-likeness (QED) is 0.859. The molecule has 1 heterocycles. The number of hydrogen-bond acceptors (Lipinski definition) is 4. The van der Waals surface area contributed by atoms with Gasteiger partial charge in [-0.1, -0.05) is 30.1 Å². The van der Waals surface area contributed by atoms with E-state index in [1.807, 2.05) is 6.92 Å². The van der Waals surface area contributed by atoms with E-state index in [0.717, 1.165) is 0 Å². The standard InChI is InChI=1S/C10H13Cl2N3O2/c1-2-6(16)3-4-13-10(17)7-5-8(11)14-15-9(7)12/h5-6,16H,2-4H2,1H3,(H,13,17). The van der Waals surface area contributed by atoms with Crippen LogP contribution in [-0.4, -0.2) is 33.9 Å². The summed E-state index contributed by atoms with van der Waals surface area (Å²) >= 11 is 11.3. The van der Waals surface area contributed by atoms with Crippen LogP contribution in [0.25, 0.3) is 0 Å². The molecular formula is C10H13Cl2N3O2. The Morgan fingerprint density at radius 3 is 2.88 bits per heavy atom. The normalized spacial score (nSPS) is 12.2. The maximum Gasteiger partial charge on any atom is 0.254 e. The van der Waals surface area contributed by atoms with E-state index in [2.05, 4.69) is 15.5 Å². The van der Waals surface area contributed by atoms with Crippen LogP contribution in [0, 0.1) is 0 Å². The molecule has 1 aromatic rings. The van der Waals surface area contributed by atoms with Crippen molar-refractivity contribution >= 4 is 29.1 Å². The minimum Gasteiger partial charge on any atom is -0.393 e. The Morgan fingerprint density at radius 2 is 2.24 bits per heavy atom. The van der Waals surface area contributed by atoms with Gasteiger partial charge in [-0.25, -0.2) is 0 Å². The predicted octanol–water partition coefficient (Wildman–Crippen LogP) is 1.67. The van der Waals surface area contributed by atoms with Crippen molar-refractivity contribution in [1.29, 1.82) is 0 Å². The summed E-state index contributed by atoms with van der Waals surface area (Å²) in [6, 6.07) is 1.35. The zero-order valence-electron chi connectivity index (χ0n) is 9.28. The van der Waals surface area contributed by atoms with Gasteiger partial charge in [0.05, 0.1) is 11.7 Å². The molecule has 1 rings (SSSR count). The summed E-state index contributed by atoms with van der Waals surface area (Å²) < 4.78 is 0. The lowest BCUT2D eigenvalue weighted by atomic mass is 10.2. The number of amides is 1. The maximum absolute atomic E-state index is 11.7. The fourth-order valence-electron chi connectivity index (χ4n) is 1.16. The zero-order chi connectivity index (χ0) is 12.8. The van der Waals surface area contributed by atoms with Gasteiger partial charge >= 0.3 is 0 Å². The van der Waals surface area contributed by atoms with E-state index >= 15 is 0 Å². The molecule has 0 spiro atoms. The molecule has 2 N–H and O–H groups in total. The van der Waals surface area contributed by atoms with Gasteiger partial charge in [-0.3, -0.25) is 4.79 Å². The summed E-state index contributed by atoms with van der Waals surface area (Å²) in [7, 11) is 0. The Hall–Kier alpha value is -0.910. The average Bonchev–Trinajstić information content (AvgIpc) is 2.31. The number of aromatic nitrogens is 2. The molecule has 1 atom stereocenters. The molecule has 0 aliphatic heterocycles. The van der Waals surface area contributed by atoms with Crippen molar-refractivity contribution in [3.8, 4) is 0 Å². The highest BCUT2D eigenvalue weighted by Crippen LogP contribution is 2.14. The Kier molecular flexibility index (Phi) is 5.61. The second-order valence-corrected chi connectivity index (χ2v) is 4.22. The van der Waals surface area contributed by atoms with Gasteiger partial charge in [0, 0.05) is 6.54 Å². The molecule has 5 nitrogen and oxygen atoms in total. The molecule has 0 aliphatic rings. The van der Waals surface area contributed by atoms with Crippen molar-refractivity contribution in [1.82, 2.24) is 15.5 Å². The molecule has 0 saturated carbocycles. The minimum atomic E-state index is -0.412. The van der Waals surface area contributed by atoms with Crippen molar-refractivity contribution < 1.29 is 9.90 Å². The van der Waals surface area contributed by atoms with Crippen molar-refractivity contribution in [2.24, 2.45) is 0 Å². The third-order valence-electron chi connectivity index (χ3n) is 2.20. The average molecular weight is 278 g/mol. The number of aliphatic hydroxyl groups is 1. The third kappa shape index (κ3) is 4.46. The number of carbonyl (C=O) groups excluding carboxylic acids is 1. The number of nitrogens with zero attached hydrogens (tertiary/aromatic N) is 2. The highest BCUT2D eigenvalue weighted by Gasteiger charge is 2.13. The predicted molar refractivity (Wildman–Crippen MR) is 65.3 cm³/mol. The van der Waals surface area contributed by atoms with Crippen LogP contribution in [-0.2, 0) is 0 Å². The van der Waals surface area contributed by atoms with E-state index in [1.54, 1.807) is 0 Å². The molecule has 0 radical (unpaired) electrons. The maximum atomic E-state index is 11.7. The van der Waals surface area contributed by atoms with Gasteiger partial charge < -0.3 is 10.4 Å². The molecule has 17 heavy (non-hydrogen) atoms. The molecule has 0 bridgehead atoms. The Bertz CT molecular complexity index is 401. The van der Waals surface area contributed by atoms with Gasteiger partial charge in [0.15, 0.2) is 10.3 Å². The Balaban J connectivity index is 2.55. The van der Waals surface area contributed by atoms with E-state index in [4.69, 9.17) is 23.2 Å². The Morgan fingerprint density at radius 1 is 1.53 bits per heavy atom. The number of carbonyl (C=O) groups is 1. The topological polar surface area (TPSA) is 75.1 Å². The van der Waals surface area contributed by atoms with E-state index < -0.39 is 6.10 Å². The minimum absolute atomic E-state index is 0.00272. The first-order chi connectivity index (χ1) is 8.04. The van der Waals surface area contributed by atoms with Crippen molar-refractivity contribution in [3.63, 3.8) is 0 Å². The van der Waals surface area contributed by atoms with Crippen LogP contribution in [0.1, 0.15) is 30.1 Å². The first kappa shape index (κ1) is 14.2. The molecule has 0 aromatic carbocycles. The van der Waals surface area contributed by atoms with E-state index in [1.165, 1.54) is 6.07 Å². The summed E-state index contributed by atoms with van der Waals surface area (Å²) in [6.45, 7) is 2.24. The van der Waals surface area contributed by atoms with E-state index in [-0.39, 0.29) is 21.8 Å². The van der Waals surface area contributed by atoms with E-state index in [0.29, 0.717) is 19.4 Å². The lowest BCUT2D eigenvalue weighted by molar-refractivity contribution is 0.0941. The lowest BCUT2D eigenvalue weighted by Crippen LogP contribution is -2.27. The SMILES string of the molecule is CCC(O)CCNC(=O)c1cc(Cl)nnc1Cl. The van der Waals surface area contributed by atoms with Crippen molar-refractivity contribution in [2.45, 2.75) is 25.9 Å². The smallest absolute Gasteiger partial charge is 0.254 e. The fraction of sp³-hybridized carbons (Fsp3) is 0.500. The molecule has 0 fully saturated rings. The van der Waals surface area contributed by atoms with Crippen LogP contribution in [0.3, 0.4) is 0 Å². The molecule has 7 heteroatoms. The number of aliphatic hydroxyl groups excluding tert-OH is 1. The first-order valence-electron chi connectivity index (χ1n) is 5.19. The molecule has 0 saturated heterocycles. The van der Waals surface area contributed by atoms with Gasteiger partial charge in [0.1, 0.15) is 0 Å². The molecule has 94 valence electrons. The molecule has 1 amide bonds. The van der Waals surface area contributed by atoms with Gasteiger partial charge in [0.25, 0.3) is 5.91 Å². The monoisotopic (exact) mass is 277 g/mol. The molecule has 1 unspecified atom stereocenters. The van der Waals surface area contributed by atoms with Gasteiger partial charge in [0.2, 0.25) is 0 Å². The summed E-state index contributed by atoms with van der Waals surface area (Å²) in [5, 5.41) is 19.1. The highest BCUT2D eigenvalue weighted by atomic mass is 35.5. The lowest BCUT2D eigenvalue weighted by Gasteiger charge is -2.09. The highest BCUT2D eigenvalue weighted by molar-refractivity contribution is 6.34. The number of rotatable bonds is 5. The van der Waals surface area contributed by atoms with Gasteiger partial charge in [-0.05, 0) is 18.9 Å². The zero-order valence-corrected chi connectivity index (χ0v) is 10.8. The first-order valence-corrected chi connectivity index (χ1v) is 5.95. The van der Waals surface area contributed by atoms with E-state index in [9.17, 15) is 9.90 Å². The van der Waals surface area contributed by atoms with Crippen LogP contribution in [0.15, 0.2) is 6.07 Å². The van der Waals surface area contributed by atoms with Crippen LogP contribution in [0.5, 0.6) is 0 Å². The number of nitrogens with one attached hydrogen (secondary N) is 1. The van der Waals surface area contributed by atoms with Crippen LogP contribution in [0.4, 0.5) is 0 Å². The third-order valence-corrected chi connectivity index (χ3v) is 2.66. The summed E-state index contributed by atoms with van der Waals surface area (Å²) in [4.78, 5) is 11.7. The van der Waals surface area contributed by atoms with Crippen molar-refractivity contribution in [2.75, 3.05) is 6.54 Å². The number of halogens is 2. The number of hydrogen-bond donors (Lipinski definition) is 2. The molecular weight excluding hydrogens is 265 g/mol. The molecule has 1 aromatic heterocycles. The van der Waals surface area contributed by atoms with Crippen molar-refractivity contribution in [3.05, 3.63) is 21.9 Å². The summed E-state index contributed by atoms with van der Waals surface area (Å²) in [5.41, 5.74) is 0.178. The summed E-state index contributed by atoms with van der Waals surface area (Å²) in [5.74, 6) is -0.380. The van der Waals surface area contributed by atoms with Crippen LogP contribution in [0.2, 0.25) is 10.3 Å².